The van der Waals surface area contributed by atoms with E-state index in [0.717, 1.165) is 47.3 Å². The first kappa shape index (κ1) is 42.9. The molecule has 0 aliphatic rings. The summed E-state index contributed by atoms with van der Waals surface area (Å²) in [5, 5.41) is 0. The van der Waals surface area contributed by atoms with E-state index in [1.54, 1.807) is 6.08 Å². The topological polar surface area (TPSA) is 79.2 Å². The molecule has 0 bridgehead atoms. The van der Waals surface area contributed by atoms with Gasteiger partial charge in [0.1, 0.15) is 12.2 Å². The molecule has 0 unspecified atom stereocenters. The molecule has 0 saturated carbocycles. The molecule has 0 heterocycles. The number of rotatable bonds is 25. The van der Waals surface area contributed by atoms with Gasteiger partial charge in [0.2, 0.25) is 0 Å². The van der Waals surface area contributed by atoms with E-state index in [9.17, 15) is 14.4 Å². The van der Waals surface area contributed by atoms with Gasteiger partial charge in [-0.25, -0.2) is 0 Å². The second-order valence-electron chi connectivity index (χ2n) is 14.0. The largest absolute Gasteiger partial charge is 0.368 e. The van der Waals surface area contributed by atoms with Crippen LogP contribution in [0, 0.1) is 11.8 Å². The molecular weight excluding hydrogens is 689 g/mol. The minimum atomic E-state index is -4.52. The molecule has 2 N–H and O–H groups in total. The van der Waals surface area contributed by atoms with Crippen LogP contribution in [-0.2, 0) is 40.3 Å². The van der Waals surface area contributed by atoms with Crippen molar-refractivity contribution in [1.82, 2.24) is 4.90 Å². The number of hydrogen-bond acceptors (Lipinski definition) is 4. The molecule has 0 saturated heterocycles. The Hall–Kier alpha value is -3.79. The number of hydrogen-bond donors (Lipinski definition) is 2. The van der Waals surface area contributed by atoms with Gasteiger partial charge in [-0.2, -0.15) is 0 Å². The van der Waals surface area contributed by atoms with Gasteiger partial charge >= 0.3 is 7.60 Å². The molecule has 4 aromatic rings. The van der Waals surface area contributed by atoms with Crippen LogP contribution in [0.15, 0.2) is 133 Å². The van der Waals surface area contributed by atoms with Crippen LogP contribution in [-0.4, -0.2) is 32.9 Å². The minimum Gasteiger partial charge on any atom is -0.368 e. The summed E-state index contributed by atoms with van der Waals surface area (Å²) in [6, 6.07) is 39.6. The molecule has 0 aromatic heterocycles. The van der Waals surface area contributed by atoms with Gasteiger partial charge in [0.15, 0.2) is 0 Å². The molecule has 0 fully saturated rings. The fraction of sp³-hybridized carbons (Fsp3) is 0.404. The fourth-order valence-electron chi connectivity index (χ4n) is 6.53. The van der Waals surface area contributed by atoms with E-state index in [2.05, 4.69) is 47.9 Å². The van der Waals surface area contributed by atoms with E-state index in [1.165, 1.54) is 51.4 Å². The van der Waals surface area contributed by atoms with Gasteiger partial charge in [0, 0.05) is 25.3 Å². The zero-order chi connectivity index (χ0) is 38.1. The van der Waals surface area contributed by atoms with Crippen molar-refractivity contribution in [3.05, 3.63) is 155 Å². The maximum atomic E-state index is 12.4. The lowest BCUT2D eigenvalue weighted by Gasteiger charge is -2.38. The highest BCUT2D eigenvalue weighted by molar-refractivity contribution is 7.55. The van der Waals surface area contributed by atoms with Crippen LogP contribution in [0.5, 0.6) is 0 Å². The van der Waals surface area contributed by atoms with Crippen molar-refractivity contribution < 1.29 is 23.8 Å². The summed E-state index contributed by atoms with van der Waals surface area (Å²) in [6.07, 6.45) is 13.5. The number of benzene rings is 4. The molecular formula is C47H60NO5P. The predicted molar refractivity (Wildman–Crippen MR) is 221 cm³/mol. The number of ether oxygens (including phenoxy) is 2. The summed E-state index contributed by atoms with van der Waals surface area (Å²) >= 11 is 0. The highest BCUT2D eigenvalue weighted by Crippen LogP contribution is 2.37. The van der Waals surface area contributed by atoms with Gasteiger partial charge in [0.05, 0.1) is 19.3 Å². The van der Waals surface area contributed by atoms with Crippen LogP contribution < -0.4 is 0 Å². The van der Waals surface area contributed by atoms with Crippen molar-refractivity contribution in [2.75, 3.05) is 0 Å². The molecule has 54 heavy (non-hydrogen) atoms. The van der Waals surface area contributed by atoms with Crippen molar-refractivity contribution in [2.45, 2.75) is 122 Å². The summed E-state index contributed by atoms with van der Waals surface area (Å²) in [4.78, 5) is 22.5. The van der Waals surface area contributed by atoms with E-state index in [4.69, 9.17) is 9.47 Å². The summed E-state index contributed by atoms with van der Waals surface area (Å²) in [5.74, 6) is 7.91. The summed E-state index contributed by atoms with van der Waals surface area (Å²) in [7, 11) is -4.52. The maximum Gasteiger partial charge on any atom is 0.348 e. The smallest absolute Gasteiger partial charge is 0.348 e. The lowest BCUT2D eigenvalue weighted by Crippen LogP contribution is -2.49. The summed E-state index contributed by atoms with van der Waals surface area (Å²) in [5.41, 5.74) is 4.13. The van der Waals surface area contributed by atoms with Gasteiger partial charge in [-0.3, -0.25) is 9.46 Å². The van der Waals surface area contributed by atoms with Crippen LogP contribution in [0.4, 0.5) is 0 Å². The average molecular weight is 750 g/mol. The van der Waals surface area contributed by atoms with Crippen molar-refractivity contribution in [2.24, 2.45) is 0 Å². The molecule has 0 aliphatic carbocycles. The zero-order valence-electron chi connectivity index (χ0n) is 32.1. The molecule has 0 spiro atoms. The Morgan fingerprint density at radius 1 is 0.611 bits per heavy atom. The monoisotopic (exact) mass is 749 g/mol. The molecule has 6 nitrogen and oxygen atoms in total. The number of unbranched alkanes of at least 4 members (excludes halogenated alkanes) is 10. The van der Waals surface area contributed by atoms with Gasteiger partial charge < -0.3 is 19.3 Å². The van der Waals surface area contributed by atoms with Gasteiger partial charge in [-0.1, -0.05) is 198 Å². The first-order valence-corrected chi connectivity index (χ1v) is 21.5. The Balaban J connectivity index is 1.66. The van der Waals surface area contributed by atoms with Crippen molar-refractivity contribution in [3.63, 3.8) is 0 Å². The third-order valence-corrected chi connectivity index (χ3v) is 10.0. The summed E-state index contributed by atoms with van der Waals surface area (Å²) < 4.78 is 26.0. The molecule has 288 valence electrons. The van der Waals surface area contributed by atoms with Crippen LogP contribution in [0.25, 0.3) is 0 Å². The molecule has 7 heteroatoms. The first-order valence-electron chi connectivity index (χ1n) is 19.8. The van der Waals surface area contributed by atoms with Gasteiger partial charge in [0.25, 0.3) is 0 Å². The zero-order valence-corrected chi connectivity index (χ0v) is 32.9. The van der Waals surface area contributed by atoms with Crippen LogP contribution in [0.2, 0.25) is 0 Å². The molecule has 0 radical (unpaired) electrons. The third-order valence-electron chi connectivity index (χ3n) is 9.45. The maximum absolute atomic E-state index is 12.4. The number of nitrogens with zero attached hydrogens (tertiary/aromatic N) is 1. The Bertz CT molecular complexity index is 1640. The Morgan fingerprint density at radius 2 is 1.04 bits per heavy atom. The van der Waals surface area contributed by atoms with Gasteiger partial charge in [-0.05, 0) is 28.7 Å². The standard InChI is InChI=1S/C47H60NO5P/c1-2-3-4-5-6-7-8-9-10-11-12-25-34-46(52-39-43-30-21-15-22-31-43)47(53-40-44-32-23-16-24-33-44)45(35-36-54(49,50)51)48(37-41-26-17-13-18-27-41)38-42-28-19-14-20-29-42/h13-24,26-33,35-36,45-47H,2-12,37-40H2,1H3,(H2,49,50,51)/b36-35+/t45-,46-,47-/m0/s1. The molecule has 4 rings (SSSR count). The van der Waals surface area contributed by atoms with E-state index >= 15 is 0 Å². The van der Waals surface area contributed by atoms with Crippen LogP contribution in [0.1, 0.15) is 99.8 Å². The quantitative estimate of drug-likeness (QED) is 0.0399. The van der Waals surface area contributed by atoms with Crippen molar-refractivity contribution >= 4 is 7.60 Å². The summed E-state index contributed by atoms with van der Waals surface area (Å²) in [6.45, 7) is 3.87. The Morgan fingerprint density at radius 3 is 1.50 bits per heavy atom. The average Bonchev–Trinajstić information content (AvgIpc) is 3.19. The molecule has 0 amide bonds. The fourth-order valence-corrected chi connectivity index (χ4v) is 6.93. The first-order chi connectivity index (χ1) is 26.4. The predicted octanol–water partition coefficient (Wildman–Crippen LogP) is 11.2. The minimum absolute atomic E-state index is 0.279. The SMILES string of the molecule is CCCCCCCCCCCCC#C[C@H](OCc1ccccc1)[C@@H](OCc1ccccc1)[C@H](/C=C/P(=O)(O)O)N(Cc1ccccc1)Cc1ccccc1. The normalized spacial score (nSPS) is 13.4. The van der Waals surface area contributed by atoms with Crippen LogP contribution in [0.3, 0.4) is 0 Å². The highest BCUT2D eigenvalue weighted by atomic mass is 31.2. The second-order valence-corrected chi connectivity index (χ2v) is 15.5. The lowest BCUT2D eigenvalue weighted by molar-refractivity contribution is -0.0907. The van der Waals surface area contributed by atoms with Crippen LogP contribution >= 0.6 is 7.60 Å². The molecule has 4 aromatic carbocycles. The van der Waals surface area contributed by atoms with E-state index in [1.807, 2.05) is 97.1 Å². The van der Waals surface area contributed by atoms with Crippen molar-refractivity contribution in [3.8, 4) is 11.8 Å². The molecule has 0 aliphatic heterocycles. The van der Waals surface area contributed by atoms with E-state index in [0.29, 0.717) is 19.7 Å². The highest BCUT2D eigenvalue weighted by Gasteiger charge is 2.34. The lowest BCUT2D eigenvalue weighted by atomic mass is 10.0. The second kappa shape index (κ2) is 25.3. The van der Waals surface area contributed by atoms with Crippen molar-refractivity contribution in [1.29, 1.82) is 0 Å². The van der Waals surface area contributed by atoms with E-state index < -0.39 is 25.8 Å². The Labute approximate surface area is 324 Å². The third kappa shape index (κ3) is 17.6. The molecule has 3 atom stereocenters. The van der Waals surface area contributed by atoms with E-state index in [-0.39, 0.29) is 6.61 Å². The Kier molecular flexibility index (Phi) is 20.1. The van der Waals surface area contributed by atoms with Gasteiger partial charge in [-0.15, -0.1) is 5.92 Å².